The van der Waals surface area contributed by atoms with Gasteiger partial charge in [-0.2, -0.15) is 0 Å². The fraction of sp³-hybridized carbons (Fsp3) is 0.263. The highest BCUT2D eigenvalue weighted by molar-refractivity contribution is 5.80. The van der Waals surface area contributed by atoms with Crippen molar-refractivity contribution in [2.75, 3.05) is 13.7 Å². The largest absolute Gasteiger partial charge is 0.508 e. The van der Waals surface area contributed by atoms with E-state index < -0.39 is 17.7 Å². The Morgan fingerprint density at radius 2 is 1.88 bits per heavy atom. The maximum absolute atomic E-state index is 13.1. The molecule has 0 aliphatic heterocycles. The molecule has 0 spiro atoms. The van der Waals surface area contributed by atoms with Crippen molar-refractivity contribution in [3.63, 3.8) is 0 Å². The van der Waals surface area contributed by atoms with Gasteiger partial charge in [0.2, 0.25) is 5.91 Å². The topological polar surface area (TPSA) is 75.6 Å². The summed E-state index contributed by atoms with van der Waals surface area (Å²) in [5.74, 6) is -1.54. The summed E-state index contributed by atoms with van der Waals surface area (Å²) in [4.78, 5) is 23.9. The van der Waals surface area contributed by atoms with E-state index in [1.807, 2.05) is 0 Å². The number of carbonyl (C=O) groups is 2. The third-order valence-corrected chi connectivity index (χ3v) is 3.75. The van der Waals surface area contributed by atoms with E-state index in [0.717, 1.165) is 5.56 Å². The number of aromatic hydroxyl groups is 1. The molecule has 0 aliphatic carbocycles. The maximum Gasteiger partial charge on any atom is 0.310 e. The number of ether oxygens (including phenoxy) is 1. The number of hydrogen-bond acceptors (Lipinski definition) is 4. The highest BCUT2D eigenvalue weighted by atomic mass is 19.1. The van der Waals surface area contributed by atoms with Crippen LogP contribution in [0.2, 0.25) is 0 Å². The van der Waals surface area contributed by atoms with Gasteiger partial charge < -0.3 is 15.2 Å². The minimum absolute atomic E-state index is 0.0326. The number of benzene rings is 2. The van der Waals surface area contributed by atoms with Gasteiger partial charge in [0.15, 0.2) is 0 Å². The lowest BCUT2D eigenvalue weighted by atomic mass is 9.99. The first-order valence-electron chi connectivity index (χ1n) is 7.85. The van der Waals surface area contributed by atoms with Crippen molar-refractivity contribution < 1.29 is 23.8 Å². The second kappa shape index (κ2) is 8.82. The first-order chi connectivity index (χ1) is 12.0. The van der Waals surface area contributed by atoms with Gasteiger partial charge in [-0.15, -0.1) is 0 Å². The molecule has 1 amide bonds. The lowest BCUT2D eigenvalue weighted by Gasteiger charge is -2.16. The lowest BCUT2D eigenvalue weighted by Crippen LogP contribution is -2.35. The Bertz CT molecular complexity index is 730. The summed E-state index contributed by atoms with van der Waals surface area (Å²) in [6.07, 6.45) is 0.401. The van der Waals surface area contributed by atoms with Crippen molar-refractivity contribution in [1.29, 1.82) is 0 Å². The van der Waals surface area contributed by atoms with Gasteiger partial charge in [-0.1, -0.05) is 24.3 Å². The molecule has 0 bridgehead atoms. The molecule has 2 aromatic carbocycles. The van der Waals surface area contributed by atoms with Gasteiger partial charge in [-0.3, -0.25) is 9.59 Å². The predicted octanol–water partition coefficient (Wildman–Crippen LogP) is 2.22. The number of phenolic OH excluding ortho intramolecular Hbond substituents is 1. The van der Waals surface area contributed by atoms with Gasteiger partial charge in [0.05, 0.1) is 19.4 Å². The van der Waals surface area contributed by atoms with Crippen molar-refractivity contribution in [2.24, 2.45) is 5.92 Å². The smallest absolute Gasteiger partial charge is 0.310 e. The molecule has 6 heteroatoms. The first kappa shape index (κ1) is 18.4. The highest BCUT2D eigenvalue weighted by Gasteiger charge is 2.20. The van der Waals surface area contributed by atoms with Crippen molar-refractivity contribution in [3.05, 3.63) is 65.5 Å². The van der Waals surface area contributed by atoms with E-state index in [1.54, 1.807) is 24.3 Å². The normalized spacial score (nSPS) is 11.6. The molecule has 1 unspecified atom stereocenters. The fourth-order valence-corrected chi connectivity index (χ4v) is 2.45. The van der Waals surface area contributed by atoms with E-state index in [4.69, 9.17) is 4.74 Å². The molecule has 132 valence electrons. The Balaban J connectivity index is 1.93. The molecule has 0 heterocycles. The van der Waals surface area contributed by atoms with Crippen molar-refractivity contribution >= 4 is 11.9 Å². The molecule has 0 saturated heterocycles. The van der Waals surface area contributed by atoms with Gasteiger partial charge in [-0.25, -0.2) is 4.39 Å². The molecule has 1 atom stereocenters. The summed E-state index contributed by atoms with van der Waals surface area (Å²) >= 11 is 0. The second-order valence-corrected chi connectivity index (χ2v) is 5.70. The van der Waals surface area contributed by atoms with Gasteiger partial charge in [0.1, 0.15) is 11.6 Å². The quantitative estimate of drug-likeness (QED) is 0.755. The van der Waals surface area contributed by atoms with Crippen LogP contribution >= 0.6 is 0 Å². The Kier molecular flexibility index (Phi) is 6.51. The van der Waals surface area contributed by atoms with Crippen molar-refractivity contribution in [2.45, 2.75) is 12.8 Å². The summed E-state index contributed by atoms with van der Waals surface area (Å²) in [6.45, 7) is 0.113. The van der Waals surface area contributed by atoms with Crippen LogP contribution in [-0.4, -0.2) is 30.6 Å². The minimum Gasteiger partial charge on any atom is -0.508 e. The number of carbonyl (C=O) groups excluding carboxylic acids is 2. The highest BCUT2D eigenvalue weighted by Crippen LogP contribution is 2.14. The average molecular weight is 345 g/mol. The Morgan fingerprint density at radius 1 is 1.16 bits per heavy atom. The van der Waals surface area contributed by atoms with Crippen LogP contribution in [0, 0.1) is 11.7 Å². The monoisotopic (exact) mass is 345 g/mol. The molecule has 2 N–H and O–H groups in total. The molecule has 2 rings (SSSR count). The molecule has 2 aromatic rings. The molecule has 0 fully saturated rings. The van der Waals surface area contributed by atoms with Gasteiger partial charge in [0.25, 0.3) is 0 Å². The number of phenols is 1. The molecule has 0 aromatic heterocycles. The van der Waals surface area contributed by atoms with Crippen LogP contribution in [0.3, 0.4) is 0 Å². The SMILES string of the molecule is COC(=O)C(CNC(=O)Cc1cccc(F)c1)Cc1ccc(O)cc1. The predicted molar refractivity (Wildman–Crippen MR) is 90.4 cm³/mol. The van der Waals surface area contributed by atoms with E-state index >= 15 is 0 Å². The Hall–Kier alpha value is -2.89. The third-order valence-electron chi connectivity index (χ3n) is 3.75. The molecular weight excluding hydrogens is 325 g/mol. The van der Waals surface area contributed by atoms with Crippen molar-refractivity contribution in [3.8, 4) is 5.75 Å². The first-order valence-corrected chi connectivity index (χ1v) is 7.85. The standard InChI is InChI=1S/C19H20FNO4/c1-25-19(24)15(9-13-5-7-17(22)8-6-13)12-21-18(23)11-14-3-2-4-16(20)10-14/h2-8,10,15,22H,9,11-12H2,1H3,(H,21,23). The third kappa shape index (κ3) is 5.91. The molecular formula is C19H20FNO4. The van der Waals surface area contributed by atoms with E-state index in [1.165, 1.54) is 31.4 Å². The zero-order chi connectivity index (χ0) is 18.2. The van der Waals surface area contributed by atoms with E-state index in [0.29, 0.717) is 12.0 Å². The fourth-order valence-electron chi connectivity index (χ4n) is 2.45. The zero-order valence-corrected chi connectivity index (χ0v) is 13.9. The number of methoxy groups -OCH3 is 1. The lowest BCUT2D eigenvalue weighted by molar-refractivity contribution is -0.145. The number of rotatable bonds is 7. The summed E-state index contributed by atoms with van der Waals surface area (Å²) in [5.41, 5.74) is 1.40. The molecule has 0 aliphatic rings. The maximum atomic E-state index is 13.1. The van der Waals surface area contributed by atoms with Gasteiger partial charge in [0, 0.05) is 6.54 Å². The van der Waals surface area contributed by atoms with Crippen molar-refractivity contribution in [1.82, 2.24) is 5.32 Å². The molecule has 5 nitrogen and oxygen atoms in total. The number of nitrogens with one attached hydrogen (secondary N) is 1. The Morgan fingerprint density at radius 3 is 2.52 bits per heavy atom. The van der Waals surface area contributed by atoms with E-state index in [2.05, 4.69) is 5.32 Å². The average Bonchev–Trinajstić information content (AvgIpc) is 2.59. The van der Waals surface area contributed by atoms with Crippen LogP contribution in [-0.2, 0) is 27.2 Å². The minimum atomic E-state index is -0.550. The van der Waals surface area contributed by atoms with Crippen LogP contribution in [0.1, 0.15) is 11.1 Å². The second-order valence-electron chi connectivity index (χ2n) is 5.70. The van der Waals surface area contributed by atoms with Gasteiger partial charge in [-0.05, 0) is 41.8 Å². The van der Waals surface area contributed by atoms with E-state index in [-0.39, 0.29) is 24.6 Å². The van der Waals surface area contributed by atoms with Gasteiger partial charge >= 0.3 is 5.97 Å². The number of halogens is 1. The molecule has 0 radical (unpaired) electrons. The number of hydrogen-bond donors (Lipinski definition) is 2. The summed E-state index contributed by atoms with van der Waals surface area (Å²) in [6, 6.07) is 12.3. The summed E-state index contributed by atoms with van der Waals surface area (Å²) in [5, 5.41) is 12.0. The van der Waals surface area contributed by atoms with E-state index in [9.17, 15) is 19.1 Å². The van der Waals surface area contributed by atoms with Crippen LogP contribution in [0.25, 0.3) is 0 Å². The number of amides is 1. The summed E-state index contributed by atoms with van der Waals surface area (Å²) < 4.78 is 17.9. The van der Waals surface area contributed by atoms with Crippen LogP contribution in [0.5, 0.6) is 5.75 Å². The zero-order valence-electron chi connectivity index (χ0n) is 13.9. The van der Waals surface area contributed by atoms with Crippen LogP contribution < -0.4 is 5.32 Å². The summed E-state index contributed by atoms with van der Waals surface area (Å²) in [7, 11) is 1.29. The van der Waals surface area contributed by atoms with Crippen LogP contribution in [0.4, 0.5) is 4.39 Å². The molecule has 25 heavy (non-hydrogen) atoms. The van der Waals surface area contributed by atoms with Crippen LogP contribution in [0.15, 0.2) is 48.5 Å². The Labute approximate surface area is 145 Å². The molecule has 0 saturated carbocycles. The number of esters is 1.